The van der Waals surface area contributed by atoms with Gasteiger partial charge in [-0.15, -0.1) is 0 Å². The van der Waals surface area contributed by atoms with Gasteiger partial charge in [-0.25, -0.2) is 4.39 Å². The van der Waals surface area contributed by atoms with Gasteiger partial charge in [0.05, 0.1) is 25.5 Å². The van der Waals surface area contributed by atoms with Gasteiger partial charge >= 0.3 is 5.97 Å². The molecule has 2 amide bonds. The number of amides is 2. The van der Waals surface area contributed by atoms with E-state index in [1.807, 2.05) is 43.3 Å². The molecule has 6 nitrogen and oxygen atoms in total. The Hall–Kier alpha value is -4.00. The Balaban J connectivity index is 1.49. The zero-order valence-corrected chi connectivity index (χ0v) is 21.9. The maximum Gasteiger partial charge on any atom is 0.310 e. The van der Waals surface area contributed by atoms with Crippen LogP contribution in [-0.4, -0.2) is 42.4 Å². The minimum absolute atomic E-state index is 0.0425. The van der Waals surface area contributed by atoms with Crippen molar-refractivity contribution >= 4 is 23.5 Å². The summed E-state index contributed by atoms with van der Waals surface area (Å²) < 4.78 is 19.0. The summed E-state index contributed by atoms with van der Waals surface area (Å²) in [6.07, 6.45) is 1.70. The van der Waals surface area contributed by atoms with Gasteiger partial charge in [-0.2, -0.15) is 0 Å². The molecule has 0 spiro atoms. The molecular weight excluding hydrogens is 483 g/mol. The highest BCUT2D eigenvalue weighted by Crippen LogP contribution is 2.23. The SMILES string of the molecule is CCOC(=O)[C@@H]1CCCN(C(=O)Cc2ccc(N(Cc3cccc(F)c3)C(=O)c3ccc(C)cc3)cc2)C1. The molecule has 7 heteroatoms. The molecule has 1 aliphatic heterocycles. The average molecular weight is 517 g/mol. The molecule has 3 aromatic carbocycles. The van der Waals surface area contributed by atoms with Gasteiger partial charge in [-0.3, -0.25) is 14.4 Å². The summed E-state index contributed by atoms with van der Waals surface area (Å²) in [6, 6.07) is 20.8. The second-order valence-electron chi connectivity index (χ2n) is 9.66. The first-order chi connectivity index (χ1) is 18.3. The summed E-state index contributed by atoms with van der Waals surface area (Å²) in [4.78, 5) is 41.9. The van der Waals surface area contributed by atoms with Gasteiger partial charge in [-0.05, 0) is 74.2 Å². The molecule has 0 N–H and O–H groups in total. The average Bonchev–Trinajstić information content (AvgIpc) is 2.92. The highest BCUT2D eigenvalue weighted by atomic mass is 19.1. The van der Waals surface area contributed by atoms with E-state index in [2.05, 4.69) is 0 Å². The van der Waals surface area contributed by atoms with Crippen LogP contribution in [0.3, 0.4) is 0 Å². The second kappa shape index (κ2) is 12.5. The maximum atomic E-state index is 13.9. The van der Waals surface area contributed by atoms with E-state index in [4.69, 9.17) is 4.74 Å². The number of aryl methyl sites for hydroxylation is 1. The van der Waals surface area contributed by atoms with Crippen molar-refractivity contribution in [1.29, 1.82) is 0 Å². The lowest BCUT2D eigenvalue weighted by Crippen LogP contribution is -2.43. The van der Waals surface area contributed by atoms with Crippen LogP contribution in [0.5, 0.6) is 0 Å². The molecule has 0 saturated carbocycles. The van der Waals surface area contributed by atoms with Crippen LogP contribution in [0.1, 0.15) is 46.8 Å². The van der Waals surface area contributed by atoms with Crippen molar-refractivity contribution in [3.8, 4) is 0 Å². The van der Waals surface area contributed by atoms with Crippen LogP contribution in [0.15, 0.2) is 72.8 Å². The zero-order valence-electron chi connectivity index (χ0n) is 21.9. The number of carbonyl (C=O) groups is 3. The van der Waals surface area contributed by atoms with E-state index in [-0.39, 0.29) is 42.5 Å². The molecule has 198 valence electrons. The van der Waals surface area contributed by atoms with Gasteiger partial charge in [0.1, 0.15) is 5.82 Å². The lowest BCUT2D eigenvalue weighted by Gasteiger charge is -2.31. The summed E-state index contributed by atoms with van der Waals surface area (Å²) in [5.41, 5.74) is 3.72. The lowest BCUT2D eigenvalue weighted by atomic mass is 9.97. The summed E-state index contributed by atoms with van der Waals surface area (Å²) in [7, 11) is 0. The molecule has 0 aliphatic carbocycles. The molecule has 0 bridgehead atoms. The predicted molar refractivity (Wildman–Crippen MR) is 144 cm³/mol. The summed E-state index contributed by atoms with van der Waals surface area (Å²) >= 11 is 0. The summed E-state index contributed by atoms with van der Waals surface area (Å²) in [5.74, 6) is -1.12. The third-order valence-electron chi connectivity index (χ3n) is 6.77. The fourth-order valence-electron chi connectivity index (χ4n) is 4.69. The Morgan fingerprint density at radius 1 is 1.00 bits per heavy atom. The number of hydrogen-bond donors (Lipinski definition) is 0. The van der Waals surface area contributed by atoms with Gasteiger partial charge in [0.15, 0.2) is 0 Å². The Labute approximate surface area is 223 Å². The van der Waals surface area contributed by atoms with Gasteiger partial charge in [0, 0.05) is 24.3 Å². The van der Waals surface area contributed by atoms with Crippen molar-refractivity contribution in [2.24, 2.45) is 5.92 Å². The highest BCUT2D eigenvalue weighted by molar-refractivity contribution is 6.06. The van der Waals surface area contributed by atoms with Gasteiger partial charge < -0.3 is 14.5 Å². The monoisotopic (exact) mass is 516 g/mol. The fourth-order valence-corrected chi connectivity index (χ4v) is 4.69. The number of nitrogens with zero attached hydrogens (tertiary/aromatic N) is 2. The number of esters is 1. The Bertz CT molecular complexity index is 1270. The normalized spacial score (nSPS) is 15.1. The fraction of sp³-hybridized carbons (Fsp3) is 0.323. The number of carbonyl (C=O) groups excluding carboxylic acids is 3. The zero-order chi connectivity index (χ0) is 27.1. The molecule has 1 fully saturated rings. The minimum atomic E-state index is -0.359. The molecule has 1 saturated heterocycles. The number of hydrogen-bond acceptors (Lipinski definition) is 4. The number of halogens is 1. The number of benzene rings is 3. The quantitative estimate of drug-likeness (QED) is 0.380. The molecule has 1 aliphatic rings. The predicted octanol–water partition coefficient (Wildman–Crippen LogP) is 5.33. The van der Waals surface area contributed by atoms with Crippen molar-refractivity contribution in [2.75, 3.05) is 24.6 Å². The molecular formula is C31H33FN2O4. The molecule has 3 aromatic rings. The number of ether oxygens (including phenoxy) is 1. The van der Waals surface area contributed by atoms with Crippen molar-refractivity contribution in [3.63, 3.8) is 0 Å². The Morgan fingerprint density at radius 2 is 1.74 bits per heavy atom. The lowest BCUT2D eigenvalue weighted by molar-refractivity contribution is -0.151. The largest absolute Gasteiger partial charge is 0.466 e. The molecule has 0 radical (unpaired) electrons. The minimum Gasteiger partial charge on any atom is -0.466 e. The first-order valence-electron chi connectivity index (χ1n) is 13.0. The van der Waals surface area contributed by atoms with Crippen LogP contribution in [-0.2, 0) is 27.3 Å². The maximum absolute atomic E-state index is 13.9. The van der Waals surface area contributed by atoms with E-state index in [1.165, 1.54) is 12.1 Å². The third kappa shape index (κ3) is 6.85. The second-order valence-corrected chi connectivity index (χ2v) is 9.66. The van der Waals surface area contributed by atoms with E-state index in [1.54, 1.807) is 41.0 Å². The van der Waals surface area contributed by atoms with E-state index in [0.29, 0.717) is 36.5 Å². The molecule has 38 heavy (non-hydrogen) atoms. The molecule has 1 atom stereocenters. The molecule has 0 unspecified atom stereocenters. The van der Waals surface area contributed by atoms with Crippen molar-refractivity contribution in [3.05, 3.63) is 101 Å². The van der Waals surface area contributed by atoms with Gasteiger partial charge in [0.25, 0.3) is 5.91 Å². The van der Waals surface area contributed by atoms with Gasteiger partial charge in [-0.1, -0.05) is 42.0 Å². The first-order valence-corrected chi connectivity index (χ1v) is 13.0. The standard InChI is InChI=1S/C31H33FN2O4/c1-3-38-31(37)26-7-5-17-33(21-26)29(35)19-23-11-15-28(16-12-23)34(20-24-6-4-8-27(32)18-24)30(36)25-13-9-22(2)10-14-25/h4,6,8-16,18,26H,3,5,7,17,19-21H2,1-2H3/t26-/m1/s1. The topological polar surface area (TPSA) is 66.9 Å². The van der Waals surface area contributed by atoms with E-state index < -0.39 is 0 Å². The van der Waals surface area contributed by atoms with Crippen molar-refractivity contribution in [2.45, 2.75) is 39.7 Å². The number of likely N-dealkylation sites (tertiary alicyclic amines) is 1. The van der Waals surface area contributed by atoms with Crippen molar-refractivity contribution in [1.82, 2.24) is 4.90 Å². The van der Waals surface area contributed by atoms with Crippen LogP contribution >= 0.6 is 0 Å². The molecule has 4 rings (SSSR count). The highest BCUT2D eigenvalue weighted by Gasteiger charge is 2.29. The van der Waals surface area contributed by atoms with Crippen molar-refractivity contribution < 1.29 is 23.5 Å². The van der Waals surface area contributed by atoms with E-state index in [9.17, 15) is 18.8 Å². The number of rotatable bonds is 8. The summed E-state index contributed by atoms with van der Waals surface area (Å²) in [6.45, 7) is 5.27. The van der Waals surface area contributed by atoms with E-state index in [0.717, 1.165) is 24.0 Å². The van der Waals surface area contributed by atoms with Crippen LogP contribution in [0.2, 0.25) is 0 Å². The van der Waals surface area contributed by atoms with Crippen LogP contribution in [0.25, 0.3) is 0 Å². The number of piperidine rings is 1. The first kappa shape index (κ1) is 27.0. The van der Waals surface area contributed by atoms with E-state index >= 15 is 0 Å². The summed E-state index contributed by atoms with van der Waals surface area (Å²) in [5, 5.41) is 0. The van der Waals surface area contributed by atoms with Crippen LogP contribution < -0.4 is 4.90 Å². The smallest absolute Gasteiger partial charge is 0.310 e. The Kier molecular flexibility index (Phi) is 8.89. The van der Waals surface area contributed by atoms with Crippen LogP contribution in [0.4, 0.5) is 10.1 Å². The third-order valence-corrected chi connectivity index (χ3v) is 6.77. The Morgan fingerprint density at radius 3 is 2.42 bits per heavy atom. The van der Waals surface area contributed by atoms with Crippen LogP contribution in [0, 0.1) is 18.7 Å². The molecule has 1 heterocycles. The van der Waals surface area contributed by atoms with Gasteiger partial charge in [0.2, 0.25) is 5.91 Å². The molecule has 0 aromatic heterocycles. The number of anilines is 1.